The number of imidazole rings is 1. The van der Waals surface area contributed by atoms with Crippen LogP contribution in [0.1, 0.15) is 11.3 Å². The first-order valence-corrected chi connectivity index (χ1v) is 10.9. The van der Waals surface area contributed by atoms with Gasteiger partial charge in [0.2, 0.25) is 0 Å². The van der Waals surface area contributed by atoms with Gasteiger partial charge in [-0.1, -0.05) is 0 Å². The van der Waals surface area contributed by atoms with E-state index in [4.69, 9.17) is 9.47 Å². The lowest BCUT2D eigenvalue weighted by Crippen LogP contribution is -2.52. The fourth-order valence-electron chi connectivity index (χ4n) is 3.73. The molecule has 8 nitrogen and oxygen atoms in total. The van der Waals surface area contributed by atoms with Crippen molar-refractivity contribution in [2.45, 2.75) is 13.1 Å². The first-order valence-electron chi connectivity index (χ1n) is 10.00. The summed E-state index contributed by atoms with van der Waals surface area (Å²) in [6.45, 7) is 5.27. The van der Waals surface area contributed by atoms with Gasteiger partial charge in [-0.3, -0.25) is 14.3 Å². The van der Waals surface area contributed by atoms with E-state index in [1.54, 1.807) is 25.6 Å². The summed E-state index contributed by atoms with van der Waals surface area (Å²) in [7, 11) is 5.24. The lowest BCUT2D eigenvalue weighted by atomic mass is 10.1. The summed E-state index contributed by atoms with van der Waals surface area (Å²) in [5, 5.41) is 5.49. The predicted molar refractivity (Wildman–Crippen MR) is 120 cm³/mol. The lowest BCUT2D eigenvalue weighted by Gasteiger charge is -2.36. The van der Waals surface area contributed by atoms with E-state index in [-0.39, 0.29) is 0 Å². The molecule has 2 aromatic heterocycles. The zero-order chi connectivity index (χ0) is 20.9. The summed E-state index contributed by atoms with van der Waals surface area (Å²) < 4.78 is 12.9. The Morgan fingerprint density at radius 2 is 2.03 bits per heavy atom. The van der Waals surface area contributed by atoms with E-state index < -0.39 is 0 Å². The Hall–Kier alpha value is -2.78. The number of hydrogen-bond donors (Lipinski definition) is 1. The molecule has 1 fully saturated rings. The third-order valence-electron chi connectivity index (χ3n) is 5.34. The molecule has 0 bridgehead atoms. The average Bonchev–Trinajstić information content (AvgIpc) is 3.37. The number of rotatable bonds is 6. The van der Waals surface area contributed by atoms with Crippen molar-refractivity contribution in [2.75, 3.05) is 47.4 Å². The minimum atomic E-state index is 0.669. The van der Waals surface area contributed by atoms with Gasteiger partial charge in [0.25, 0.3) is 0 Å². The van der Waals surface area contributed by atoms with Crippen LogP contribution in [0.3, 0.4) is 0 Å². The van der Waals surface area contributed by atoms with Crippen LogP contribution in [0.2, 0.25) is 0 Å². The molecule has 1 aliphatic heterocycles. The number of aromatic nitrogens is 2. The molecule has 0 spiro atoms. The van der Waals surface area contributed by atoms with Gasteiger partial charge in [0, 0.05) is 63.1 Å². The largest absolute Gasteiger partial charge is 0.497 e. The van der Waals surface area contributed by atoms with E-state index in [0.717, 1.165) is 66.4 Å². The van der Waals surface area contributed by atoms with Crippen molar-refractivity contribution >= 4 is 22.3 Å². The Morgan fingerprint density at radius 1 is 1.20 bits per heavy atom. The molecular formula is C21H28N6O2S. The number of fused-ring (bicyclic) bond motifs is 1. The first kappa shape index (κ1) is 20.5. The molecule has 1 aromatic carbocycles. The smallest absolute Gasteiger partial charge is 0.194 e. The van der Waals surface area contributed by atoms with Crippen molar-refractivity contribution in [3.05, 3.63) is 47.2 Å². The first-order chi connectivity index (χ1) is 14.7. The van der Waals surface area contributed by atoms with Gasteiger partial charge in [-0.2, -0.15) is 0 Å². The van der Waals surface area contributed by atoms with E-state index in [9.17, 15) is 0 Å². The van der Waals surface area contributed by atoms with Crippen LogP contribution in [0.4, 0.5) is 0 Å². The molecule has 1 N–H and O–H groups in total. The van der Waals surface area contributed by atoms with Crippen LogP contribution >= 0.6 is 11.3 Å². The summed E-state index contributed by atoms with van der Waals surface area (Å²) >= 11 is 1.64. The quantitative estimate of drug-likeness (QED) is 0.480. The van der Waals surface area contributed by atoms with Crippen LogP contribution in [-0.2, 0) is 13.1 Å². The third kappa shape index (κ3) is 4.52. The summed E-state index contributed by atoms with van der Waals surface area (Å²) in [5.74, 6) is 2.67. The monoisotopic (exact) mass is 428 g/mol. The predicted octanol–water partition coefficient (Wildman–Crippen LogP) is 2.31. The number of piperazine rings is 1. The van der Waals surface area contributed by atoms with E-state index in [2.05, 4.69) is 41.8 Å². The van der Waals surface area contributed by atoms with Gasteiger partial charge >= 0.3 is 0 Å². The highest BCUT2D eigenvalue weighted by molar-refractivity contribution is 7.15. The third-order valence-corrected chi connectivity index (χ3v) is 6.11. The van der Waals surface area contributed by atoms with E-state index >= 15 is 0 Å². The molecule has 0 atom stereocenters. The summed E-state index contributed by atoms with van der Waals surface area (Å²) in [6, 6.07) is 5.96. The lowest BCUT2D eigenvalue weighted by molar-refractivity contribution is 0.171. The minimum Gasteiger partial charge on any atom is -0.497 e. The number of benzene rings is 1. The molecule has 4 rings (SSSR count). The van der Waals surface area contributed by atoms with Crippen molar-refractivity contribution in [1.82, 2.24) is 24.5 Å². The van der Waals surface area contributed by atoms with Crippen LogP contribution in [-0.4, -0.2) is 72.6 Å². The fourth-order valence-corrected chi connectivity index (χ4v) is 4.45. The van der Waals surface area contributed by atoms with Gasteiger partial charge < -0.3 is 19.7 Å². The second-order valence-corrected chi connectivity index (χ2v) is 8.04. The Labute approximate surface area is 180 Å². The normalized spacial score (nSPS) is 15.6. The highest BCUT2D eigenvalue weighted by Crippen LogP contribution is 2.25. The zero-order valence-electron chi connectivity index (χ0n) is 17.7. The van der Waals surface area contributed by atoms with Crippen molar-refractivity contribution in [1.29, 1.82) is 0 Å². The van der Waals surface area contributed by atoms with Gasteiger partial charge in [0.05, 0.1) is 26.5 Å². The van der Waals surface area contributed by atoms with Gasteiger partial charge in [-0.25, -0.2) is 4.98 Å². The highest BCUT2D eigenvalue weighted by Gasteiger charge is 2.21. The van der Waals surface area contributed by atoms with E-state index in [1.807, 2.05) is 30.8 Å². The van der Waals surface area contributed by atoms with Gasteiger partial charge in [0.15, 0.2) is 10.9 Å². The van der Waals surface area contributed by atoms with Gasteiger partial charge in [-0.15, -0.1) is 11.3 Å². The number of ether oxygens (including phenoxy) is 2. The Kier molecular flexibility index (Phi) is 6.39. The molecule has 0 aliphatic carbocycles. The summed E-state index contributed by atoms with van der Waals surface area (Å²) in [6.07, 6.45) is 4.09. The van der Waals surface area contributed by atoms with Gasteiger partial charge in [0.1, 0.15) is 11.5 Å². The molecule has 160 valence electrons. The maximum absolute atomic E-state index is 5.52. The molecule has 30 heavy (non-hydrogen) atoms. The molecule has 0 amide bonds. The highest BCUT2D eigenvalue weighted by atomic mass is 32.1. The number of aliphatic imine (C=N–C) groups is 1. The second kappa shape index (κ2) is 9.36. The number of hydrogen-bond acceptors (Lipinski definition) is 6. The summed E-state index contributed by atoms with van der Waals surface area (Å²) in [5.41, 5.74) is 2.17. The van der Waals surface area contributed by atoms with Crippen molar-refractivity contribution in [2.24, 2.45) is 4.99 Å². The van der Waals surface area contributed by atoms with E-state index in [1.165, 1.54) is 0 Å². The number of thiazole rings is 1. The Morgan fingerprint density at radius 3 is 2.73 bits per heavy atom. The zero-order valence-corrected chi connectivity index (χ0v) is 18.5. The SMILES string of the molecule is CN=C(NCc1cn2ccsc2n1)N1CCN(Cc2cc(OC)ccc2OC)CC1. The molecular weight excluding hydrogens is 400 g/mol. The minimum absolute atomic E-state index is 0.669. The molecule has 3 heterocycles. The summed E-state index contributed by atoms with van der Waals surface area (Å²) in [4.78, 5) is 14.9. The van der Waals surface area contributed by atoms with Crippen molar-refractivity contribution in [3.8, 4) is 11.5 Å². The molecule has 0 radical (unpaired) electrons. The Bertz CT molecular complexity index is 978. The molecule has 9 heteroatoms. The number of nitrogens with one attached hydrogen (secondary N) is 1. The fraction of sp³-hybridized carbons (Fsp3) is 0.429. The topological polar surface area (TPSA) is 66.6 Å². The molecule has 1 aliphatic rings. The molecule has 1 saturated heterocycles. The maximum Gasteiger partial charge on any atom is 0.194 e. The van der Waals surface area contributed by atoms with Crippen LogP contribution in [0, 0.1) is 0 Å². The number of nitrogens with zero attached hydrogens (tertiary/aromatic N) is 5. The number of guanidine groups is 1. The van der Waals surface area contributed by atoms with Crippen LogP contribution in [0.15, 0.2) is 41.0 Å². The molecule has 3 aromatic rings. The molecule has 0 saturated carbocycles. The van der Waals surface area contributed by atoms with Crippen LogP contribution in [0.5, 0.6) is 11.5 Å². The van der Waals surface area contributed by atoms with Crippen molar-refractivity contribution in [3.63, 3.8) is 0 Å². The standard InChI is InChI=1S/C21H28N6O2S/c1-22-20(23-13-17-15-27-10-11-30-21(27)24-17)26-8-6-25(7-9-26)14-16-12-18(28-2)4-5-19(16)29-3/h4-5,10-12,15H,6-9,13-14H2,1-3H3,(H,22,23). The molecule has 0 unspecified atom stereocenters. The van der Waals surface area contributed by atoms with Crippen LogP contribution < -0.4 is 14.8 Å². The average molecular weight is 429 g/mol. The second-order valence-electron chi connectivity index (χ2n) is 7.17. The van der Waals surface area contributed by atoms with Crippen LogP contribution in [0.25, 0.3) is 4.96 Å². The number of methoxy groups -OCH3 is 2. The van der Waals surface area contributed by atoms with E-state index in [0.29, 0.717) is 6.54 Å². The Balaban J connectivity index is 1.31. The van der Waals surface area contributed by atoms with Gasteiger partial charge in [-0.05, 0) is 18.2 Å². The maximum atomic E-state index is 5.52. The van der Waals surface area contributed by atoms with Crippen molar-refractivity contribution < 1.29 is 9.47 Å².